The highest BCUT2D eigenvalue weighted by atomic mass is 32.2. The van der Waals surface area contributed by atoms with Gasteiger partial charge in [0.05, 0.1) is 6.26 Å². The maximum atomic E-state index is 13.1. The van der Waals surface area contributed by atoms with Crippen LogP contribution in [0.15, 0.2) is 24.3 Å². The number of halogens is 1. The van der Waals surface area contributed by atoms with E-state index in [0.29, 0.717) is 52.1 Å². The van der Waals surface area contributed by atoms with Crippen molar-refractivity contribution in [2.24, 2.45) is 11.8 Å². The highest BCUT2D eigenvalue weighted by molar-refractivity contribution is 7.88. The molecule has 2 atom stereocenters. The van der Waals surface area contributed by atoms with Gasteiger partial charge in [0.15, 0.2) is 0 Å². The lowest BCUT2D eigenvalue weighted by Gasteiger charge is -2.38. The van der Waals surface area contributed by atoms with E-state index in [0.717, 1.165) is 12.0 Å². The molecular formula is C21H28FN3O4S. The molecule has 3 fully saturated rings. The van der Waals surface area contributed by atoms with E-state index in [1.807, 2.05) is 9.80 Å². The number of hydrogen-bond donors (Lipinski definition) is 0. The molecule has 30 heavy (non-hydrogen) atoms. The molecule has 0 unspecified atom stereocenters. The van der Waals surface area contributed by atoms with Crippen molar-refractivity contribution in [1.29, 1.82) is 0 Å². The summed E-state index contributed by atoms with van der Waals surface area (Å²) in [6.07, 6.45) is 3.09. The van der Waals surface area contributed by atoms with E-state index < -0.39 is 10.0 Å². The molecule has 2 heterocycles. The van der Waals surface area contributed by atoms with Gasteiger partial charge in [-0.25, -0.2) is 17.1 Å². The van der Waals surface area contributed by atoms with Crippen molar-refractivity contribution in [3.8, 4) is 0 Å². The summed E-state index contributed by atoms with van der Waals surface area (Å²) in [4.78, 5) is 29.3. The van der Waals surface area contributed by atoms with E-state index in [9.17, 15) is 22.4 Å². The highest BCUT2D eigenvalue weighted by Crippen LogP contribution is 2.48. The van der Waals surface area contributed by atoms with Crippen LogP contribution in [-0.2, 0) is 19.6 Å². The molecule has 4 rings (SSSR count). The molecule has 0 bridgehead atoms. The van der Waals surface area contributed by atoms with E-state index in [4.69, 9.17) is 0 Å². The molecule has 0 spiro atoms. The Kier molecular flexibility index (Phi) is 5.85. The van der Waals surface area contributed by atoms with Crippen LogP contribution in [0, 0.1) is 17.7 Å². The van der Waals surface area contributed by atoms with Gasteiger partial charge in [0, 0.05) is 51.1 Å². The smallest absolute Gasteiger partial charge is 0.226 e. The Labute approximate surface area is 176 Å². The molecular weight excluding hydrogens is 409 g/mol. The quantitative estimate of drug-likeness (QED) is 0.711. The lowest BCUT2D eigenvalue weighted by molar-refractivity contribution is -0.143. The number of nitrogens with zero attached hydrogens (tertiary/aromatic N) is 3. The van der Waals surface area contributed by atoms with E-state index in [2.05, 4.69) is 0 Å². The molecule has 0 radical (unpaired) electrons. The normalized spacial score (nSPS) is 25.9. The molecule has 1 saturated carbocycles. The summed E-state index contributed by atoms with van der Waals surface area (Å²) in [5, 5.41) is 0. The van der Waals surface area contributed by atoms with Crippen LogP contribution in [0.2, 0.25) is 0 Å². The fourth-order valence-electron chi connectivity index (χ4n) is 4.62. The van der Waals surface area contributed by atoms with Crippen molar-refractivity contribution in [3.63, 3.8) is 0 Å². The molecule has 0 N–H and O–H groups in total. The third-order valence-corrected chi connectivity index (χ3v) is 7.88. The lowest BCUT2D eigenvalue weighted by Crippen LogP contribution is -2.53. The van der Waals surface area contributed by atoms with Gasteiger partial charge in [-0.15, -0.1) is 0 Å². The SMILES string of the molecule is CS(=O)(=O)N1CCC(C(=O)N2CCN(C(=O)[C@@H]3C[C@@H]3c3ccc(F)cc3)CC2)CC1. The Morgan fingerprint density at radius 2 is 1.43 bits per heavy atom. The lowest BCUT2D eigenvalue weighted by atomic mass is 9.96. The van der Waals surface area contributed by atoms with Crippen LogP contribution in [0.5, 0.6) is 0 Å². The van der Waals surface area contributed by atoms with Crippen LogP contribution < -0.4 is 0 Å². The topological polar surface area (TPSA) is 78.0 Å². The van der Waals surface area contributed by atoms with Gasteiger partial charge in [-0.1, -0.05) is 12.1 Å². The maximum absolute atomic E-state index is 13.1. The van der Waals surface area contributed by atoms with Crippen molar-refractivity contribution < 1.29 is 22.4 Å². The van der Waals surface area contributed by atoms with Crippen LogP contribution in [0.1, 0.15) is 30.7 Å². The second-order valence-electron chi connectivity index (χ2n) is 8.59. The van der Waals surface area contributed by atoms with Crippen LogP contribution in [0.4, 0.5) is 4.39 Å². The molecule has 9 heteroatoms. The minimum absolute atomic E-state index is 0.0435. The first kappa shape index (κ1) is 21.2. The van der Waals surface area contributed by atoms with Crippen LogP contribution in [0.25, 0.3) is 0 Å². The van der Waals surface area contributed by atoms with Crippen molar-refractivity contribution >= 4 is 21.8 Å². The number of carbonyl (C=O) groups excluding carboxylic acids is 2. The maximum Gasteiger partial charge on any atom is 0.226 e. The second-order valence-corrected chi connectivity index (χ2v) is 10.6. The summed E-state index contributed by atoms with van der Waals surface area (Å²) in [6, 6.07) is 6.36. The van der Waals surface area contributed by atoms with Gasteiger partial charge in [0.25, 0.3) is 0 Å². The van der Waals surface area contributed by atoms with E-state index in [1.54, 1.807) is 12.1 Å². The molecule has 2 aliphatic heterocycles. The molecule has 1 aromatic carbocycles. The highest BCUT2D eigenvalue weighted by Gasteiger charge is 2.46. The minimum Gasteiger partial charge on any atom is -0.339 e. The van der Waals surface area contributed by atoms with Gasteiger partial charge in [-0.3, -0.25) is 9.59 Å². The van der Waals surface area contributed by atoms with Crippen molar-refractivity contribution in [2.45, 2.75) is 25.2 Å². The Morgan fingerprint density at radius 1 is 0.900 bits per heavy atom. The summed E-state index contributed by atoms with van der Waals surface area (Å²) in [6.45, 7) is 2.87. The summed E-state index contributed by atoms with van der Waals surface area (Å²) < 4.78 is 37.8. The number of sulfonamides is 1. The first-order chi connectivity index (χ1) is 14.2. The monoisotopic (exact) mass is 437 g/mol. The predicted octanol–water partition coefficient (Wildman–Crippen LogP) is 1.27. The fourth-order valence-corrected chi connectivity index (χ4v) is 5.49. The van der Waals surface area contributed by atoms with Gasteiger partial charge in [-0.2, -0.15) is 0 Å². The largest absolute Gasteiger partial charge is 0.339 e. The molecule has 164 valence electrons. The summed E-state index contributed by atoms with van der Waals surface area (Å²) in [5.74, 6) is -0.0961. The van der Waals surface area contributed by atoms with Crippen LogP contribution in [0.3, 0.4) is 0 Å². The number of piperidine rings is 1. The van der Waals surface area contributed by atoms with Gasteiger partial charge in [0.2, 0.25) is 21.8 Å². The second kappa shape index (κ2) is 8.26. The Hall–Kier alpha value is -2.00. The van der Waals surface area contributed by atoms with Gasteiger partial charge in [-0.05, 0) is 42.9 Å². The van der Waals surface area contributed by atoms with Crippen LogP contribution >= 0.6 is 0 Å². The molecule has 7 nitrogen and oxygen atoms in total. The van der Waals surface area contributed by atoms with E-state index in [1.165, 1.54) is 22.7 Å². The van der Waals surface area contributed by atoms with Gasteiger partial charge < -0.3 is 9.80 Å². The summed E-state index contributed by atoms with van der Waals surface area (Å²) in [5.41, 5.74) is 1.00. The molecule has 2 saturated heterocycles. The first-order valence-corrected chi connectivity index (χ1v) is 12.4. The predicted molar refractivity (Wildman–Crippen MR) is 110 cm³/mol. The number of rotatable bonds is 4. The van der Waals surface area contributed by atoms with Gasteiger partial charge in [0.1, 0.15) is 5.82 Å². The van der Waals surface area contributed by atoms with Crippen molar-refractivity contribution in [3.05, 3.63) is 35.6 Å². The van der Waals surface area contributed by atoms with Gasteiger partial charge >= 0.3 is 0 Å². The first-order valence-electron chi connectivity index (χ1n) is 10.5. The van der Waals surface area contributed by atoms with E-state index >= 15 is 0 Å². The van der Waals surface area contributed by atoms with Crippen LogP contribution in [-0.4, -0.2) is 79.9 Å². The molecule has 3 aliphatic rings. The summed E-state index contributed by atoms with van der Waals surface area (Å²) in [7, 11) is -3.20. The average molecular weight is 438 g/mol. The zero-order valence-corrected chi connectivity index (χ0v) is 18.0. The standard InChI is InChI=1S/C21H28FN3O4S/c1-30(28,29)25-8-6-16(7-9-25)20(26)23-10-12-24(13-11-23)21(27)19-14-18(19)15-2-4-17(22)5-3-15/h2-5,16,18-19H,6-14H2,1H3/t18-,19-/m1/s1. The number of benzene rings is 1. The Morgan fingerprint density at radius 3 is 1.97 bits per heavy atom. The molecule has 1 aliphatic carbocycles. The number of hydrogen-bond acceptors (Lipinski definition) is 4. The number of amides is 2. The summed E-state index contributed by atoms with van der Waals surface area (Å²) >= 11 is 0. The Balaban J connectivity index is 1.25. The molecule has 2 amide bonds. The zero-order valence-electron chi connectivity index (χ0n) is 17.2. The van der Waals surface area contributed by atoms with Crippen molar-refractivity contribution in [2.75, 3.05) is 45.5 Å². The van der Waals surface area contributed by atoms with E-state index in [-0.39, 0.29) is 35.4 Å². The number of carbonyl (C=O) groups is 2. The minimum atomic E-state index is -3.20. The third-order valence-electron chi connectivity index (χ3n) is 6.58. The number of piperazine rings is 1. The molecule has 0 aromatic heterocycles. The Bertz CT molecular complexity index is 905. The molecule has 1 aromatic rings. The third kappa shape index (κ3) is 4.51. The fraction of sp³-hybridized carbons (Fsp3) is 0.619. The zero-order chi connectivity index (χ0) is 21.5. The average Bonchev–Trinajstić information content (AvgIpc) is 3.54. The van der Waals surface area contributed by atoms with Crippen molar-refractivity contribution in [1.82, 2.24) is 14.1 Å².